The first-order chi connectivity index (χ1) is 11.2. The lowest BCUT2D eigenvalue weighted by atomic mass is 10.0. The van der Waals surface area contributed by atoms with Crippen molar-refractivity contribution in [2.45, 2.75) is 0 Å². The average molecular weight is 308 g/mol. The van der Waals surface area contributed by atoms with E-state index in [-0.39, 0.29) is 5.91 Å². The van der Waals surface area contributed by atoms with Crippen molar-refractivity contribution < 1.29 is 9.21 Å². The predicted octanol–water partition coefficient (Wildman–Crippen LogP) is 1.75. The smallest absolute Gasteiger partial charge is 0.257 e. The second-order valence-electron chi connectivity index (χ2n) is 6.16. The number of amides is 1. The summed E-state index contributed by atoms with van der Waals surface area (Å²) in [6.07, 6.45) is 4.79. The Kier molecular flexibility index (Phi) is 3.27. The van der Waals surface area contributed by atoms with Gasteiger partial charge in [0.25, 0.3) is 5.91 Å². The molecule has 2 aliphatic rings. The summed E-state index contributed by atoms with van der Waals surface area (Å²) < 4.78 is 5.00. The fraction of sp³-hybridized carbons (Fsp3) is 0.353. The van der Waals surface area contributed by atoms with Gasteiger partial charge in [-0.3, -0.25) is 4.79 Å². The van der Waals surface area contributed by atoms with Gasteiger partial charge < -0.3 is 14.2 Å². The number of carbonyl (C=O) groups excluding carboxylic acids is 1. The van der Waals surface area contributed by atoms with E-state index in [2.05, 4.69) is 9.88 Å². The van der Waals surface area contributed by atoms with Gasteiger partial charge in [0.1, 0.15) is 18.0 Å². The number of hydrogen-bond acceptors (Lipinski definition) is 5. The van der Waals surface area contributed by atoms with E-state index in [0.29, 0.717) is 23.1 Å². The number of nitriles is 1. The topological polar surface area (TPSA) is 73.4 Å². The molecule has 2 aliphatic heterocycles. The molecule has 0 radical (unpaired) electrons. The van der Waals surface area contributed by atoms with E-state index in [1.807, 2.05) is 17.0 Å². The molecule has 6 nitrogen and oxygen atoms in total. The van der Waals surface area contributed by atoms with E-state index >= 15 is 0 Å². The van der Waals surface area contributed by atoms with Crippen LogP contribution in [0.15, 0.2) is 41.3 Å². The van der Waals surface area contributed by atoms with Crippen molar-refractivity contribution in [1.29, 1.82) is 5.26 Å². The van der Waals surface area contributed by atoms with Gasteiger partial charge in [0.05, 0.1) is 23.7 Å². The number of pyridine rings is 1. The first-order valence-corrected chi connectivity index (χ1v) is 7.67. The number of rotatable bonds is 2. The lowest BCUT2D eigenvalue weighted by molar-refractivity contribution is 0.0782. The summed E-state index contributed by atoms with van der Waals surface area (Å²) in [7, 11) is 0. The SMILES string of the molecule is N#Cc1ccc(N2C[C@H]3CN(C(=O)c4ccoc4)C[C@H]3C2)cn1. The number of fused-ring (bicyclic) bond motifs is 1. The third-order valence-electron chi connectivity index (χ3n) is 4.77. The molecule has 2 aromatic heterocycles. The molecule has 2 fully saturated rings. The van der Waals surface area contributed by atoms with E-state index < -0.39 is 0 Å². The molecule has 0 unspecified atom stereocenters. The molecule has 6 heteroatoms. The van der Waals surface area contributed by atoms with Crippen molar-refractivity contribution in [2.24, 2.45) is 11.8 Å². The minimum Gasteiger partial charge on any atom is -0.472 e. The molecular weight excluding hydrogens is 292 g/mol. The third kappa shape index (κ3) is 2.44. The zero-order valence-corrected chi connectivity index (χ0v) is 12.6. The van der Waals surface area contributed by atoms with Crippen LogP contribution in [0.25, 0.3) is 0 Å². The molecule has 0 aromatic carbocycles. The van der Waals surface area contributed by atoms with Crippen molar-refractivity contribution in [3.63, 3.8) is 0 Å². The van der Waals surface area contributed by atoms with Crippen LogP contribution in [0.4, 0.5) is 5.69 Å². The Morgan fingerprint density at radius 2 is 2.00 bits per heavy atom. The van der Waals surface area contributed by atoms with Crippen LogP contribution in [-0.4, -0.2) is 42.0 Å². The molecule has 4 heterocycles. The van der Waals surface area contributed by atoms with E-state index in [9.17, 15) is 4.79 Å². The summed E-state index contributed by atoms with van der Waals surface area (Å²) in [5.74, 6) is 1.03. The van der Waals surface area contributed by atoms with Crippen LogP contribution in [0.3, 0.4) is 0 Å². The summed E-state index contributed by atoms with van der Waals surface area (Å²) in [5.41, 5.74) is 2.11. The monoisotopic (exact) mass is 308 g/mol. The maximum atomic E-state index is 12.4. The van der Waals surface area contributed by atoms with Crippen LogP contribution in [0.1, 0.15) is 16.1 Å². The number of aromatic nitrogens is 1. The predicted molar refractivity (Wildman–Crippen MR) is 82.8 cm³/mol. The lowest BCUT2D eigenvalue weighted by Gasteiger charge is -2.22. The maximum absolute atomic E-state index is 12.4. The van der Waals surface area contributed by atoms with Crippen molar-refractivity contribution in [1.82, 2.24) is 9.88 Å². The molecule has 2 saturated heterocycles. The van der Waals surface area contributed by atoms with Gasteiger partial charge in [-0.25, -0.2) is 4.98 Å². The molecule has 0 N–H and O–H groups in total. The molecular formula is C17H16N4O2. The Labute approximate surface area is 133 Å². The van der Waals surface area contributed by atoms with Crippen LogP contribution in [0.2, 0.25) is 0 Å². The van der Waals surface area contributed by atoms with Gasteiger partial charge in [0.2, 0.25) is 0 Å². The number of carbonyl (C=O) groups is 1. The molecule has 4 rings (SSSR count). The Morgan fingerprint density at radius 3 is 2.57 bits per heavy atom. The standard InChI is InChI=1S/C17H16N4O2/c18-5-15-1-2-16(6-19-15)20-7-13-9-21(10-14(13)8-20)17(22)12-3-4-23-11-12/h1-4,6,11,13-14H,7-10H2/t13-,14+. The number of hydrogen-bond donors (Lipinski definition) is 0. The number of furan rings is 1. The molecule has 116 valence electrons. The van der Waals surface area contributed by atoms with Crippen molar-refractivity contribution in [3.05, 3.63) is 48.2 Å². The highest BCUT2D eigenvalue weighted by Gasteiger charge is 2.41. The zero-order chi connectivity index (χ0) is 15.8. The largest absolute Gasteiger partial charge is 0.472 e. The quantitative estimate of drug-likeness (QED) is 0.845. The molecule has 0 aliphatic carbocycles. The van der Waals surface area contributed by atoms with Crippen molar-refractivity contribution in [2.75, 3.05) is 31.1 Å². The van der Waals surface area contributed by atoms with Crippen LogP contribution in [0, 0.1) is 23.2 Å². The molecule has 2 aromatic rings. The summed E-state index contributed by atoms with van der Waals surface area (Å²) in [5, 5.41) is 8.81. The highest BCUT2D eigenvalue weighted by Crippen LogP contribution is 2.34. The number of nitrogens with zero attached hydrogens (tertiary/aromatic N) is 4. The molecule has 0 saturated carbocycles. The normalized spacial score (nSPS) is 22.9. The Hall–Kier alpha value is -2.81. The average Bonchev–Trinajstić information content (AvgIpc) is 3.29. The summed E-state index contributed by atoms with van der Waals surface area (Å²) in [6, 6.07) is 7.44. The van der Waals surface area contributed by atoms with Gasteiger partial charge in [0, 0.05) is 38.0 Å². The summed E-state index contributed by atoms with van der Waals surface area (Å²) in [6.45, 7) is 3.42. The van der Waals surface area contributed by atoms with E-state index in [4.69, 9.17) is 9.68 Å². The van der Waals surface area contributed by atoms with Gasteiger partial charge in [-0.2, -0.15) is 5.26 Å². The highest BCUT2D eigenvalue weighted by molar-refractivity contribution is 5.94. The van der Waals surface area contributed by atoms with E-state index in [1.165, 1.54) is 12.5 Å². The second kappa shape index (κ2) is 5.43. The number of anilines is 1. The second-order valence-corrected chi connectivity index (χ2v) is 6.16. The number of likely N-dealkylation sites (tertiary alicyclic amines) is 1. The molecule has 1 amide bonds. The van der Waals surface area contributed by atoms with Gasteiger partial charge >= 0.3 is 0 Å². The molecule has 0 spiro atoms. The van der Waals surface area contributed by atoms with Crippen molar-refractivity contribution in [3.8, 4) is 6.07 Å². The van der Waals surface area contributed by atoms with Crippen LogP contribution < -0.4 is 4.90 Å². The third-order valence-corrected chi connectivity index (χ3v) is 4.77. The minimum atomic E-state index is 0.0553. The summed E-state index contributed by atoms with van der Waals surface area (Å²) >= 11 is 0. The Balaban J connectivity index is 1.41. The van der Waals surface area contributed by atoms with Gasteiger partial charge in [-0.1, -0.05) is 0 Å². The fourth-order valence-electron chi connectivity index (χ4n) is 3.58. The molecule has 0 bridgehead atoms. The molecule has 2 atom stereocenters. The molecule has 23 heavy (non-hydrogen) atoms. The zero-order valence-electron chi connectivity index (χ0n) is 12.6. The lowest BCUT2D eigenvalue weighted by Crippen LogP contribution is -2.33. The Bertz CT molecular complexity index is 734. The van der Waals surface area contributed by atoms with Crippen LogP contribution >= 0.6 is 0 Å². The maximum Gasteiger partial charge on any atom is 0.257 e. The highest BCUT2D eigenvalue weighted by atomic mass is 16.3. The summed E-state index contributed by atoms with van der Waals surface area (Å²) in [4.78, 5) is 20.7. The Morgan fingerprint density at radius 1 is 1.22 bits per heavy atom. The van der Waals surface area contributed by atoms with Gasteiger partial charge in [0.15, 0.2) is 0 Å². The van der Waals surface area contributed by atoms with Gasteiger partial charge in [-0.15, -0.1) is 0 Å². The fourth-order valence-corrected chi connectivity index (χ4v) is 3.58. The minimum absolute atomic E-state index is 0.0553. The van der Waals surface area contributed by atoms with Crippen molar-refractivity contribution >= 4 is 11.6 Å². The van der Waals surface area contributed by atoms with Gasteiger partial charge in [-0.05, 0) is 18.2 Å². The first kappa shape index (κ1) is 13.8. The van der Waals surface area contributed by atoms with Crippen LogP contribution in [-0.2, 0) is 0 Å². The van der Waals surface area contributed by atoms with Crippen LogP contribution in [0.5, 0.6) is 0 Å². The first-order valence-electron chi connectivity index (χ1n) is 7.67. The van der Waals surface area contributed by atoms with E-state index in [0.717, 1.165) is 31.9 Å². The van der Waals surface area contributed by atoms with E-state index in [1.54, 1.807) is 18.3 Å².